The first-order chi connectivity index (χ1) is 15.4. The van der Waals surface area contributed by atoms with E-state index in [-0.39, 0.29) is 16.9 Å². The van der Waals surface area contributed by atoms with E-state index in [4.69, 9.17) is 17.0 Å². The molecule has 0 saturated heterocycles. The molecule has 0 aliphatic rings. The van der Waals surface area contributed by atoms with E-state index in [0.717, 1.165) is 10.2 Å². The summed E-state index contributed by atoms with van der Waals surface area (Å²) < 4.78 is 6.27. The van der Waals surface area contributed by atoms with Crippen LogP contribution in [0.4, 0.5) is 11.4 Å². The quantitative estimate of drug-likeness (QED) is 0.442. The molecule has 3 aromatic carbocycles. The number of benzene rings is 3. The monoisotopic (exact) mass is 511 g/mol. The summed E-state index contributed by atoms with van der Waals surface area (Å²) in [5, 5.41) is 5.75. The number of para-hydroxylation sites is 1. The lowest BCUT2D eigenvalue weighted by atomic mass is 10.1. The van der Waals surface area contributed by atoms with Gasteiger partial charge in [0, 0.05) is 28.5 Å². The first-order valence-electron chi connectivity index (χ1n) is 9.87. The largest absolute Gasteiger partial charge is 0.493 e. The van der Waals surface area contributed by atoms with Crippen LogP contribution in [-0.4, -0.2) is 30.6 Å². The van der Waals surface area contributed by atoms with E-state index in [1.165, 1.54) is 0 Å². The van der Waals surface area contributed by atoms with Gasteiger partial charge in [-0.15, -0.1) is 0 Å². The van der Waals surface area contributed by atoms with Crippen molar-refractivity contribution in [3.05, 3.63) is 88.4 Å². The minimum absolute atomic E-state index is 0.128. The van der Waals surface area contributed by atoms with Crippen molar-refractivity contribution in [2.24, 2.45) is 0 Å². The molecule has 3 rings (SSSR count). The number of hydrogen-bond donors (Lipinski definition) is 2. The highest BCUT2D eigenvalue weighted by molar-refractivity contribution is 9.10. The van der Waals surface area contributed by atoms with E-state index in [1.54, 1.807) is 54.4 Å². The first kappa shape index (κ1) is 23.4. The molecule has 6 nitrogen and oxygen atoms in total. The minimum atomic E-state index is -0.386. The number of thiocarbonyl (C=S) groups is 1. The summed E-state index contributed by atoms with van der Waals surface area (Å²) in [5.74, 6) is -0.0401. The number of ether oxygens (including phenoxy) is 1. The van der Waals surface area contributed by atoms with Gasteiger partial charge in [0.1, 0.15) is 5.75 Å². The van der Waals surface area contributed by atoms with Gasteiger partial charge < -0.3 is 15.0 Å². The second-order valence-corrected chi connectivity index (χ2v) is 8.08. The summed E-state index contributed by atoms with van der Waals surface area (Å²) in [4.78, 5) is 26.9. The van der Waals surface area contributed by atoms with Gasteiger partial charge in [0.05, 0.1) is 12.2 Å². The van der Waals surface area contributed by atoms with E-state index >= 15 is 0 Å². The maximum absolute atomic E-state index is 12.7. The molecule has 0 aromatic heterocycles. The van der Waals surface area contributed by atoms with Crippen LogP contribution in [-0.2, 0) is 0 Å². The van der Waals surface area contributed by atoms with Crippen molar-refractivity contribution in [1.29, 1.82) is 0 Å². The van der Waals surface area contributed by atoms with Crippen LogP contribution in [0.1, 0.15) is 27.6 Å². The zero-order valence-electron chi connectivity index (χ0n) is 17.6. The normalized spacial score (nSPS) is 10.2. The molecule has 0 fully saturated rings. The predicted molar refractivity (Wildman–Crippen MR) is 135 cm³/mol. The van der Waals surface area contributed by atoms with E-state index in [9.17, 15) is 9.59 Å². The molecule has 8 heteroatoms. The van der Waals surface area contributed by atoms with E-state index in [1.807, 2.05) is 37.3 Å². The number of anilines is 2. The lowest BCUT2D eigenvalue weighted by Gasteiger charge is -2.17. The number of amides is 2. The first-order valence-corrected chi connectivity index (χ1v) is 11.1. The van der Waals surface area contributed by atoms with Gasteiger partial charge in [0.15, 0.2) is 5.11 Å². The Bertz CT molecular complexity index is 1120. The van der Waals surface area contributed by atoms with Crippen molar-refractivity contribution >= 4 is 56.4 Å². The SMILES string of the molecule is CCOc1ccc(Br)cc1C(=O)NC(=S)Nc1ccc(C(=O)N(C)c2ccccc2)cc1. The third-order valence-corrected chi connectivity index (χ3v) is 5.25. The molecule has 0 spiro atoms. The standard InChI is InChI=1S/C24H22BrN3O3S/c1-3-31-21-14-11-17(25)15-20(21)22(29)27-24(32)26-18-12-9-16(10-13-18)23(30)28(2)19-7-5-4-6-8-19/h4-15H,3H2,1-2H3,(H2,26,27,29,32). The third kappa shape index (κ3) is 5.93. The molecule has 0 atom stereocenters. The van der Waals surface area contributed by atoms with Crippen molar-refractivity contribution in [3.63, 3.8) is 0 Å². The Balaban J connectivity index is 1.63. The summed E-state index contributed by atoms with van der Waals surface area (Å²) in [5.41, 5.74) is 2.36. The zero-order valence-corrected chi connectivity index (χ0v) is 20.0. The average molecular weight is 512 g/mol. The molecule has 0 aliphatic carbocycles. The summed E-state index contributed by atoms with van der Waals surface area (Å²) in [6, 6.07) is 21.5. The molecular weight excluding hydrogens is 490 g/mol. The fourth-order valence-electron chi connectivity index (χ4n) is 2.95. The van der Waals surface area contributed by atoms with Crippen LogP contribution >= 0.6 is 28.1 Å². The van der Waals surface area contributed by atoms with Gasteiger partial charge in [-0.1, -0.05) is 34.1 Å². The summed E-state index contributed by atoms with van der Waals surface area (Å²) in [6.07, 6.45) is 0. The lowest BCUT2D eigenvalue weighted by molar-refractivity contribution is 0.0971. The van der Waals surface area contributed by atoms with Gasteiger partial charge in [-0.05, 0) is 73.7 Å². The predicted octanol–water partition coefficient (Wildman–Crippen LogP) is 5.25. The van der Waals surface area contributed by atoms with Gasteiger partial charge in [-0.2, -0.15) is 0 Å². The Hall–Kier alpha value is -3.23. The van der Waals surface area contributed by atoms with Crippen molar-refractivity contribution in [3.8, 4) is 5.75 Å². The van der Waals surface area contributed by atoms with E-state index < -0.39 is 0 Å². The molecular formula is C24H22BrN3O3S. The van der Waals surface area contributed by atoms with Crippen molar-refractivity contribution < 1.29 is 14.3 Å². The summed E-state index contributed by atoms with van der Waals surface area (Å²) in [6.45, 7) is 2.29. The van der Waals surface area contributed by atoms with E-state index in [0.29, 0.717) is 29.2 Å². The molecule has 0 radical (unpaired) electrons. The number of carbonyl (C=O) groups excluding carboxylic acids is 2. The number of nitrogens with zero attached hydrogens (tertiary/aromatic N) is 1. The Morgan fingerprint density at radius 2 is 1.72 bits per heavy atom. The number of nitrogens with one attached hydrogen (secondary N) is 2. The molecule has 0 bridgehead atoms. The van der Waals surface area contributed by atoms with Gasteiger partial charge in [-0.3, -0.25) is 14.9 Å². The highest BCUT2D eigenvalue weighted by Crippen LogP contribution is 2.23. The third-order valence-electron chi connectivity index (χ3n) is 4.55. The minimum Gasteiger partial charge on any atom is -0.493 e. The van der Waals surface area contributed by atoms with Crippen molar-refractivity contribution in [1.82, 2.24) is 5.32 Å². The molecule has 0 aliphatic heterocycles. The topological polar surface area (TPSA) is 70.7 Å². The van der Waals surface area contributed by atoms with E-state index in [2.05, 4.69) is 26.6 Å². The molecule has 3 aromatic rings. The molecule has 0 heterocycles. The average Bonchev–Trinajstić information content (AvgIpc) is 2.80. The fraction of sp³-hybridized carbons (Fsp3) is 0.125. The van der Waals surface area contributed by atoms with Crippen molar-refractivity contribution in [2.75, 3.05) is 23.9 Å². The summed E-state index contributed by atoms with van der Waals surface area (Å²) >= 11 is 8.64. The Morgan fingerprint density at radius 1 is 1.03 bits per heavy atom. The molecule has 32 heavy (non-hydrogen) atoms. The maximum Gasteiger partial charge on any atom is 0.261 e. The zero-order chi connectivity index (χ0) is 23.1. The van der Waals surface area contributed by atoms with Crippen LogP contribution in [0.25, 0.3) is 0 Å². The van der Waals surface area contributed by atoms with Crippen LogP contribution < -0.4 is 20.3 Å². The Morgan fingerprint density at radius 3 is 2.38 bits per heavy atom. The molecule has 0 saturated carbocycles. The maximum atomic E-state index is 12.7. The van der Waals surface area contributed by atoms with Gasteiger partial charge >= 0.3 is 0 Å². The second kappa shape index (κ2) is 10.9. The molecule has 2 amide bonds. The van der Waals surface area contributed by atoms with Crippen LogP contribution in [0.2, 0.25) is 0 Å². The molecule has 0 unspecified atom stereocenters. The van der Waals surface area contributed by atoms with Crippen LogP contribution in [0, 0.1) is 0 Å². The number of hydrogen-bond acceptors (Lipinski definition) is 4. The van der Waals surface area contributed by atoms with Gasteiger partial charge in [0.2, 0.25) is 0 Å². The number of rotatable bonds is 6. The number of halogens is 1. The number of carbonyl (C=O) groups is 2. The molecule has 164 valence electrons. The highest BCUT2D eigenvalue weighted by atomic mass is 79.9. The molecule has 2 N–H and O–H groups in total. The lowest BCUT2D eigenvalue weighted by Crippen LogP contribution is -2.34. The Labute approximate surface area is 200 Å². The van der Waals surface area contributed by atoms with Crippen LogP contribution in [0.3, 0.4) is 0 Å². The van der Waals surface area contributed by atoms with Gasteiger partial charge in [-0.25, -0.2) is 0 Å². The Kier molecular flexibility index (Phi) is 7.97. The smallest absolute Gasteiger partial charge is 0.261 e. The fourth-order valence-corrected chi connectivity index (χ4v) is 3.52. The second-order valence-electron chi connectivity index (χ2n) is 6.76. The van der Waals surface area contributed by atoms with Crippen LogP contribution in [0.15, 0.2) is 77.3 Å². The van der Waals surface area contributed by atoms with Gasteiger partial charge in [0.25, 0.3) is 11.8 Å². The summed E-state index contributed by atoms with van der Waals surface area (Å²) in [7, 11) is 1.73. The highest BCUT2D eigenvalue weighted by Gasteiger charge is 2.16. The van der Waals surface area contributed by atoms with Crippen LogP contribution in [0.5, 0.6) is 5.75 Å². The van der Waals surface area contributed by atoms with Crippen molar-refractivity contribution in [2.45, 2.75) is 6.92 Å².